The lowest BCUT2D eigenvalue weighted by Gasteiger charge is -2.33. The van der Waals surface area contributed by atoms with Crippen molar-refractivity contribution in [2.45, 2.75) is 26.8 Å². The molecule has 1 amide bonds. The maximum atomic E-state index is 12.0. The van der Waals surface area contributed by atoms with Gasteiger partial charge < -0.3 is 10.6 Å². The molecule has 5 heteroatoms. The summed E-state index contributed by atoms with van der Waals surface area (Å²) in [6, 6.07) is -0.468. The van der Waals surface area contributed by atoms with E-state index in [1.807, 2.05) is 20.8 Å². The zero-order valence-corrected chi connectivity index (χ0v) is 10.5. The van der Waals surface area contributed by atoms with Gasteiger partial charge in [-0.05, 0) is 5.41 Å². The normalized spacial score (nSPS) is 21.5. The van der Waals surface area contributed by atoms with E-state index in [9.17, 15) is 9.00 Å². The monoisotopic (exact) mass is 232 g/mol. The standard InChI is InChI=1S/C10H20N2O2S/c1-10(2,3)8(11)9(13)12-4-6-15(14)7-5-12/h8H,4-7,11H2,1-3H3/t8-/m1/s1. The van der Waals surface area contributed by atoms with Crippen LogP contribution in [0, 0.1) is 5.41 Å². The van der Waals surface area contributed by atoms with Crippen molar-refractivity contribution in [2.24, 2.45) is 11.1 Å². The number of nitrogens with two attached hydrogens (primary N) is 1. The molecule has 0 bridgehead atoms. The molecule has 0 aromatic rings. The highest BCUT2D eigenvalue weighted by atomic mass is 32.2. The number of hydrogen-bond donors (Lipinski definition) is 1. The third-order valence-corrected chi connectivity index (χ3v) is 3.96. The first-order chi connectivity index (χ1) is 6.82. The van der Waals surface area contributed by atoms with Gasteiger partial charge in [0.05, 0.1) is 6.04 Å². The van der Waals surface area contributed by atoms with Crippen LogP contribution in [0.15, 0.2) is 0 Å². The van der Waals surface area contributed by atoms with Gasteiger partial charge in [-0.1, -0.05) is 20.8 Å². The minimum Gasteiger partial charge on any atom is -0.339 e. The molecule has 4 nitrogen and oxygen atoms in total. The van der Waals surface area contributed by atoms with Gasteiger partial charge in [-0.15, -0.1) is 0 Å². The summed E-state index contributed by atoms with van der Waals surface area (Å²) in [5.41, 5.74) is 5.68. The molecule has 1 aliphatic heterocycles. The first-order valence-corrected chi connectivity index (χ1v) is 6.70. The molecule has 1 fully saturated rings. The third kappa shape index (κ3) is 3.28. The molecular weight excluding hydrogens is 212 g/mol. The molecule has 1 atom stereocenters. The van der Waals surface area contributed by atoms with Gasteiger partial charge in [-0.2, -0.15) is 0 Å². The van der Waals surface area contributed by atoms with Crippen molar-refractivity contribution in [3.63, 3.8) is 0 Å². The van der Waals surface area contributed by atoms with E-state index in [2.05, 4.69) is 0 Å². The number of nitrogens with zero attached hydrogens (tertiary/aromatic N) is 1. The van der Waals surface area contributed by atoms with Gasteiger partial charge in [0.15, 0.2) is 0 Å². The molecule has 0 aliphatic carbocycles. The van der Waals surface area contributed by atoms with Crippen molar-refractivity contribution < 1.29 is 9.00 Å². The quantitative estimate of drug-likeness (QED) is 0.689. The van der Waals surface area contributed by atoms with Crippen molar-refractivity contribution in [3.05, 3.63) is 0 Å². The van der Waals surface area contributed by atoms with E-state index in [1.54, 1.807) is 4.90 Å². The van der Waals surface area contributed by atoms with Gasteiger partial charge in [-0.25, -0.2) is 0 Å². The SMILES string of the molecule is CC(C)(C)[C@H](N)C(=O)N1CCS(=O)CC1. The average molecular weight is 232 g/mol. The van der Waals surface area contributed by atoms with E-state index in [1.165, 1.54) is 0 Å². The van der Waals surface area contributed by atoms with Gasteiger partial charge in [0.2, 0.25) is 5.91 Å². The molecule has 1 heterocycles. The summed E-state index contributed by atoms with van der Waals surface area (Å²) in [6.45, 7) is 7.03. The van der Waals surface area contributed by atoms with E-state index in [4.69, 9.17) is 5.73 Å². The summed E-state index contributed by atoms with van der Waals surface area (Å²) >= 11 is 0. The van der Waals surface area contributed by atoms with E-state index < -0.39 is 16.8 Å². The molecular formula is C10H20N2O2S. The summed E-state index contributed by atoms with van der Waals surface area (Å²) in [5, 5.41) is 0. The Balaban J connectivity index is 2.58. The number of rotatable bonds is 1. The highest BCUT2D eigenvalue weighted by Gasteiger charge is 2.32. The molecule has 88 valence electrons. The highest BCUT2D eigenvalue weighted by Crippen LogP contribution is 2.19. The second-order valence-electron chi connectivity index (χ2n) is 5.02. The topological polar surface area (TPSA) is 63.4 Å². The summed E-state index contributed by atoms with van der Waals surface area (Å²) in [4.78, 5) is 13.7. The van der Waals surface area contributed by atoms with Gasteiger partial charge in [0, 0.05) is 35.4 Å². The molecule has 0 aromatic heterocycles. The lowest BCUT2D eigenvalue weighted by molar-refractivity contribution is -0.134. The number of hydrogen-bond acceptors (Lipinski definition) is 3. The molecule has 0 saturated carbocycles. The molecule has 1 saturated heterocycles. The van der Waals surface area contributed by atoms with Crippen LogP contribution in [0.4, 0.5) is 0 Å². The predicted molar refractivity (Wildman–Crippen MR) is 61.9 cm³/mol. The summed E-state index contributed by atoms with van der Waals surface area (Å²) in [5.74, 6) is 1.16. The van der Waals surface area contributed by atoms with E-state index in [0.29, 0.717) is 24.6 Å². The van der Waals surface area contributed by atoms with Crippen LogP contribution in [-0.4, -0.2) is 45.7 Å². The number of carbonyl (C=O) groups is 1. The van der Waals surface area contributed by atoms with Crippen LogP contribution in [0.25, 0.3) is 0 Å². The maximum absolute atomic E-state index is 12.0. The zero-order valence-electron chi connectivity index (χ0n) is 9.66. The van der Waals surface area contributed by atoms with Gasteiger partial charge in [0.1, 0.15) is 0 Å². The van der Waals surface area contributed by atoms with Gasteiger partial charge in [0.25, 0.3) is 0 Å². The van der Waals surface area contributed by atoms with Crippen molar-refractivity contribution in [3.8, 4) is 0 Å². The Hall–Kier alpha value is -0.420. The summed E-state index contributed by atoms with van der Waals surface area (Å²) < 4.78 is 11.1. The molecule has 0 aromatic carbocycles. The van der Waals surface area contributed by atoms with Gasteiger partial charge in [-0.3, -0.25) is 9.00 Å². The molecule has 2 N–H and O–H groups in total. The summed E-state index contributed by atoms with van der Waals surface area (Å²) in [7, 11) is -0.747. The first-order valence-electron chi connectivity index (χ1n) is 5.21. The second-order valence-corrected chi connectivity index (χ2v) is 6.71. The maximum Gasteiger partial charge on any atom is 0.240 e. The van der Waals surface area contributed by atoms with Crippen LogP contribution in [-0.2, 0) is 15.6 Å². The van der Waals surface area contributed by atoms with Crippen molar-refractivity contribution in [1.82, 2.24) is 4.90 Å². The Labute approximate surface area is 93.7 Å². The minimum absolute atomic E-state index is 0.0146. The van der Waals surface area contributed by atoms with Crippen LogP contribution in [0.3, 0.4) is 0 Å². The Morgan fingerprint density at radius 3 is 2.20 bits per heavy atom. The number of carbonyl (C=O) groups excluding carboxylic acids is 1. The largest absolute Gasteiger partial charge is 0.339 e. The molecule has 1 rings (SSSR count). The van der Waals surface area contributed by atoms with Crippen LogP contribution in [0.2, 0.25) is 0 Å². The lowest BCUT2D eigenvalue weighted by Crippen LogP contribution is -2.53. The highest BCUT2D eigenvalue weighted by molar-refractivity contribution is 7.85. The Morgan fingerprint density at radius 2 is 1.80 bits per heavy atom. The molecule has 0 radical (unpaired) electrons. The smallest absolute Gasteiger partial charge is 0.240 e. The van der Waals surface area contributed by atoms with Crippen molar-refractivity contribution in [1.29, 1.82) is 0 Å². The Kier molecular flexibility index (Phi) is 3.89. The number of amides is 1. The fraction of sp³-hybridized carbons (Fsp3) is 0.900. The lowest BCUT2D eigenvalue weighted by atomic mass is 9.86. The van der Waals surface area contributed by atoms with Crippen LogP contribution in [0.1, 0.15) is 20.8 Å². The van der Waals surface area contributed by atoms with E-state index >= 15 is 0 Å². The molecule has 0 unspecified atom stereocenters. The molecule has 15 heavy (non-hydrogen) atoms. The van der Waals surface area contributed by atoms with Crippen LogP contribution in [0.5, 0.6) is 0 Å². The van der Waals surface area contributed by atoms with Crippen molar-refractivity contribution in [2.75, 3.05) is 24.6 Å². The van der Waals surface area contributed by atoms with Crippen LogP contribution >= 0.6 is 0 Å². The summed E-state index contributed by atoms with van der Waals surface area (Å²) in [6.07, 6.45) is 0. The second kappa shape index (κ2) is 4.61. The Bertz CT molecular complexity index is 263. The fourth-order valence-electron chi connectivity index (χ4n) is 1.43. The van der Waals surface area contributed by atoms with E-state index in [0.717, 1.165) is 0 Å². The Morgan fingerprint density at radius 1 is 1.33 bits per heavy atom. The first kappa shape index (κ1) is 12.6. The third-order valence-electron chi connectivity index (χ3n) is 2.69. The predicted octanol–water partition coefficient (Wildman–Crippen LogP) is -0.0493. The van der Waals surface area contributed by atoms with Crippen molar-refractivity contribution >= 4 is 16.7 Å². The molecule has 1 aliphatic rings. The average Bonchev–Trinajstić information content (AvgIpc) is 2.15. The fourth-order valence-corrected chi connectivity index (χ4v) is 2.48. The van der Waals surface area contributed by atoms with Gasteiger partial charge >= 0.3 is 0 Å². The minimum atomic E-state index is -0.747. The van der Waals surface area contributed by atoms with Crippen LogP contribution < -0.4 is 5.73 Å². The molecule has 0 spiro atoms. The van der Waals surface area contributed by atoms with E-state index in [-0.39, 0.29) is 11.3 Å². The zero-order chi connectivity index (χ0) is 11.6.